The van der Waals surface area contributed by atoms with Crippen molar-refractivity contribution in [2.24, 2.45) is 23.2 Å². The number of pyridine rings is 1. The third kappa shape index (κ3) is 7.42. The molecule has 2 amide bonds. The molecule has 0 bridgehead atoms. The number of amides is 2. The number of carbonyl (C=O) groups is 2. The van der Waals surface area contributed by atoms with Gasteiger partial charge in [-0.15, -0.1) is 0 Å². The van der Waals surface area contributed by atoms with Crippen LogP contribution in [0.2, 0.25) is 0 Å². The van der Waals surface area contributed by atoms with Crippen molar-refractivity contribution in [3.05, 3.63) is 29.1 Å². The van der Waals surface area contributed by atoms with Crippen LogP contribution in [0.1, 0.15) is 63.3 Å². The van der Waals surface area contributed by atoms with Gasteiger partial charge in [0.1, 0.15) is 5.60 Å². The lowest BCUT2D eigenvalue weighted by Crippen LogP contribution is -2.48. The summed E-state index contributed by atoms with van der Waals surface area (Å²) in [7, 11) is 1.72. The van der Waals surface area contributed by atoms with Crippen LogP contribution in [0.4, 0.5) is 18.0 Å². The highest BCUT2D eigenvalue weighted by atomic mass is 32.2. The Balaban J connectivity index is 1.30. The van der Waals surface area contributed by atoms with Crippen molar-refractivity contribution in [1.82, 2.24) is 19.5 Å². The number of methoxy groups -OCH3 is 1. The molecule has 43 heavy (non-hydrogen) atoms. The van der Waals surface area contributed by atoms with Crippen LogP contribution >= 0.6 is 11.9 Å². The number of alkyl halides is 3. The summed E-state index contributed by atoms with van der Waals surface area (Å²) in [6.07, 6.45) is -0.108. The van der Waals surface area contributed by atoms with Crippen LogP contribution in [0.25, 0.3) is 0 Å². The standard InChI is InChI=1S/C30H43F3N4O5S/c1-28(2,3)42-27(39)35-18-43-37-15-23-10-19(9-20-6-8-41-16-25(20)40-4)12-29(23,17-37)26(38)36-7-5-24-21(14-36)11-22(13-34-24)30(31,32)33/h11,13,19-20,23,25H,5-10,12,14-18H2,1-4H3,(H,35,39)/t19-,20?,23+,25?,29+/m1/s1. The molecule has 5 atom stereocenters. The zero-order chi connectivity index (χ0) is 31.0. The molecule has 4 aliphatic rings. The average Bonchev–Trinajstić information content (AvgIpc) is 3.45. The second-order valence-electron chi connectivity index (χ2n) is 13.4. The van der Waals surface area contributed by atoms with E-state index in [0.29, 0.717) is 68.2 Å². The van der Waals surface area contributed by atoms with Crippen molar-refractivity contribution in [3.63, 3.8) is 0 Å². The van der Waals surface area contributed by atoms with E-state index in [-0.39, 0.29) is 24.5 Å². The number of hydrogen-bond donors (Lipinski definition) is 1. The maximum atomic E-state index is 14.5. The van der Waals surface area contributed by atoms with Crippen LogP contribution in [-0.4, -0.2) is 83.7 Å². The molecule has 2 unspecified atom stereocenters. The molecule has 2 saturated heterocycles. The molecule has 1 N–H and O–H groups in total. The maximum absolute atomic E-state index is 14.5. The quantitative estimate of drug-likeness (QED) is 0.337. The van der Waals surface area contributed by atoms with Crippen LogP contribution < -0.4 is 5.32 Å². The predicted molar refractivity (Wildman–Crippen MR) is 155 cm³/mol. The Hall–Kier alpha value is -2.09. The Morgan fingerprint density at radius 1 is 1.28 bits per heavy atom. The Bertz CT molecular complexity index is 1180. The van der Waals surface area contributed by atoms with Crippen LogP contribution in [0.5, 0.6) is 0 Å². The number of nitrogens with zero attached hydrogens (tertiary/aromatic N) is 3. The fourth-order valence-corrected chi connectivity index (χ4v) is 8.32. The van der Waals surface area contributed by atoms with Crippen molar-refractivity contribution in [2.45, 2.75) is 77.3 Å². The number of aromatic nitrogens is 1. The SMILES string of the molecule is COC1COCCC1C[C@@H]1C[C@H]2CN(SCNC(=O)OC(C)(C)C)C[C@@]2(C(=O)N2CCc3ncc(C(F)(F)F)cc3C2)C1. The predicted octanol–water partition coefficient (Wildman–Crippen LogP) is 4.89. The number of halogens is 3. The zero-order valence-electron chi connectivity index (χ0n) is 25.4. The molecule has 9 nitrogen and oxygen atoms in total. The van der Waals surface area contributed by atoms with Gasteiger partial charge in [0.2, 0.25) is 5.91 Å². The summed E-state index contributed by atoms with van der Waals surface area (Å²) in [5.41, 5.74) is -0.933. The smallest absolute Gasteiger partial charge is 0.417 e. The lowest BCUT2D eigenvalue weighted by atomic mass is 9.78. The highest BCUT2D eigenvalue weighted by Gasteiger charge is 2.59. The van der Waals surface area contributed by atoms with Gasteiger partial charge in [-0.1, -0.05) is 11.9 Å². The van der Waals surface area contributed by atoms with Gasteiger partial charge in [0, 0.05) is 58.2 Å². The number of alkyl carbamates (subject to hydrolysis) is 1. The van der Waals surface area contributed by atoms with Gasteiger partial charge in [-0.2, -0.15) is 13.2 Å². The minimum atomic E-state index is -4.49. The van der Waals surface area contributed by atoms with E-state index in [0.717, 1.165) is 37.9 Å². The Kier molecular flexibility index (Phi) is 9.56. The summed E-state index contributed by atoms with van der Waals surface area (Å²) in [4.78, 5) is 32.4. The highest BCUT2D eigenvalue weighted by Crippen LogP contribution is 2.55. The molecule has 240 valence electrons. The van der Waals surface area contributed by atoms with Crippen molar-refractivity contribution < 1.29 is 37.0 Å². The molecule has 1 aliphatic carbocycles. The van der Waals surface area contributed by atoms with E-state index in [2.05, 4.69) is 14.6 Å². The van der Waals surface area contributed by atoms with Crippen molar-refractivity contribution in [3.8, 4) is 0 Å². The van der Waals surface area contributed by atoms with E-state index in [1.54, 1.807) is 32.8 Å². The van der Waals surface area contributed by atoms with Gasteiger partial charge >= 0.3 is 12.3 Å². The topological polar surface area (TPSA) is 93.2 Å². The van der Waals surface area contributed by atoms with Gasteiger partial charge in [0.15, 0.2) is 0 Å². The van der Waals surface area contributed by atoms with E-state index >= 15 is 0 Å². The summed E-state index contributed by atoms with van der Waals surface area (Å²) in [6.45, 7) is 8.50. The number of hydrogen-bond acceptors (Lipinski definition) is 8. The molecule has 3 aliphatic heterocycles. The van der Waals surface area contributed by atoms with Crippen molar-refractivity contribution in [2.75, 3.05) is 45.8 Å². The summed E-state index contributed by atoms with van der Waals surface area (Å²) >= 11 is 1.47. The summed E-state index contributed by atoms with van der Waals surface area (Å²) in [5.74, 6) is 1.15. The molecule has 5 rings (SSSR count). The lowest BCUT2D eigenvalue weighted by Gasteiger charge is -2.37. The Labute approximate surface area is 255 Å². The molecular weight excluding hydrogens is 585 g/mol. The maximum Gasteiger partial charge on any atom is 0.417 e. The van der Waals surface area contributed by atoms with Gasteiger partial charge in [-0.05, 0) is 75.8 Å². The van der Waals surface area contributed by atoms with Crippen LogP contribution in [0.3, 0.4) is 0 Å². The first-order valence-corrected chi connectivity index (χ1v) is 16.0. The molecule has 4 heterocycles. The summed E-state index contributed by atoms with van der Waals surface area (Å²) in [6, 6.07) is 1.14. The van der Waals surface area contributed by atoms with Crippen molar-refractivity contribution in [1.29, 1.82) is 0 Å². The fourth-order valence-electron chi connectivity index (χ4n) is 7.35. The van der Waals surface area contributed by atoms with Gasteiger partial charge < -0.3 is 24.4 Å². The molecule has 0 aromatic carbocycles. The number of nitrogens with one attached hydrogen (secondary N) is 1. The number of ether oxygens (including phenoxy) is 3. The third-order valence-corrected chi connectivity index (χ3v) is 10.2. The minimum Gasteiger partial charge on any atom is -0.444 e. The molecule has 13 heteroatoms. The van der Waals surface area contributed by atoms with E-state index in [1.807, 2.05) is 0 Å². The number of carbonyl (C=O) groups excluding carboxylic acids is 2. The monoisotopic (exact) mass is 628 g/mol. The normalized spacial score (nSPS) is 29.7. The highest BCUT2D eigenvalue weighted by molar-refractivity contribution is 7.97. The number of rotatable bonds is 7. The largest absolute Gasteiger partial charge is 0.444 e. The molecule has 0 spiro atoms. The van der Waals surface area contributed by atoms with Crippen LogP contribution in [0.15, 0.2) is 12.3 Å². The zero-order valence-corrected chi connectivity index (χ0v) is 26.2. The van der Waals surface area contributed by atoms with Crippen LogP contribution in [0, 0.1) is 23.2 Å². The first-order valence-electron chi connectivity index (χ1n) is 15.1. The first kappa shape index (κ1) is 32.3. The number of fused-ring (bicyclic) bond motifs is 2. The van der Waals surface area contributed by atoms with Gasteiger partial charge in [-0.25, -0.2) is 9.10 Å². The molecule has 3 fully saturated rings. The van der Waals surface area contributed by atoms with Crippen LogP contribution in [-0.2, 0) is 38.1 Å². The second kappa shape index (κ2) is 12.7. The molecule has 1 aromatic rings. The van der Waals surface area contributed by atoms with E-state index in [9.17, 15) is 22.8 Å². The van der Waals surface area contributed by atoms with E-state index < -0.39 is 28.8 Å². The van der Waals surface area contributed by atoms with Gasteiger partial charge in [0.25, 0.3) is 0 Å². The average molecular weight is 629 g/mol. The first-order chi connectivity index (χ1) is 20.3. The Morgan fingerprint density at radius 3 is 2.79 bits per heavy atom. The fraction of sp³-hybridized carbons (Fsp3) is 0.767. The molecular formula is C30H43F3N4O5S. The van der Waals surface area contributed by atoms with E-state index in [4.69, 9.17) is 14.2 Å². The minimum absolute atomic E-state index is 0.0153. The third-order valence-electron chi connectivity index (χ3n) is 9.26. The lowest BCUT2D eigenvalue weighted by molar-refractivity contribution is -0.144. The molecule has 1 saturated carbocycles. The summed E-state index contributed by atoms with van der Waals surface area (Å²) in [5, 5.41) is 2.78. The Morgan fingerprint density at radius 2 is 2.07 bits per heavy atom. The molecule has 0 radical (unpaired) electrons. The second-order valence-corrected chi connectivity index (χ2v) is 14.4. The van der Waals surface area contributed by atoms with Gasteiger partial charge in [-0.3, -0.25) is 9.78 Å². The van der Waals surface area contributed by atoms with Gasteiger partial charge in [0.05, 0.1) is 29.6 Å². The summed E-state index contributed by atoms with van der Waals surface area (Å²) < 4.78 is 59.1. The van der Waals surface area contributed by atoms with Crippen molar-refractivity contribution >= 4 is 23.9 Å². The molecule has 1 aromatic heterocycles. The van der Waals surface area contributed by atoms with E-state index in [1.165, 1.54) is 11.9 Å².